The summed E-state index contributed by atoms with van der Waals surface area (Å²) in [6.45, 7) is 4.00. The normalized spacial score (nSPS) is 9.54. The fourth-order valence-corrected chi connectivity index (χ4v) is 1.44. The van der Waals surface area contributed by atoms with Gasteiger partial charge in [-0.1, -0.05) is 25.4 Å². The first kappa shape index (κ1) is 10.5. The first-order valence-electron chi connectivity index (χ1n) is 3.92. The second-order valence-electron chi connectivity index (χ2n) is 1.99. The molecule has 13 heavy (non-hydrogen) atoms. The molecule has 2 aromatic rings. The van der Waals surface area contributed by atoms with Gasteiger partial charge in [0, 0.05) is 12.4 Å². The Kier molecular flexibility index (Phi) is 3.69. The lowest BCUT2D eigenvalue weighted by atomic mass is 10.7. The molecule has 5 heteroatoms. The molecule has 0 aliphatic heterocycles. The summed E-state index contributed by atoms with van der Waals surface area (Å²) in [6, 6.07) is 0. The Morgan fingerprint density at radius 1 is 1.38 bits per heavy atom. The van der Waals surface area contributed by atoms with E-state index < -0.39 is 0 Å². The zero-order valence-corrected chi connectivity index (χ0v) is 9.67. The molecule has 0 spiro atoms. The summed E-state index contributed by atoms with van der Waals surface area (Å²) in [5.74, 6) is 0. The Morgan fingerprint density at radius 3 is 2.69 bits per heavy atom. The summed E-state index contributed by atoms with van der Waals surface area (Å²) >= 11 is 9.07. The summed E-state index contributed by atoms with van der Waals surface area (Å²) in [5, 5.41) is 0.415. The lowest BCUT2D eigenvalue weighted by Gasteiger charge is -1.93. The Bertz CT molecular complexity index is 399. The van der Waals surface area contributed by atoms with Crippen LogP contribution in [-0.2, 0) is 0 Å². The Balaban J connectivity index is 0.000000396. The van der Waals surface area contributed by atoms with Gasteiger partial charge in [0.25, 0.3) is 0 Å². The maximum absolute atomic E-state index is 5.76. The van der Waals surface area contributed by atoms with E-state index in [4.69, 9.17) is 11.6 Å². The summed E-state index contributed by atoms with van der Waals surface area (Å²) in [4.78, 5) is 7.92. The molecule has 2 rings (SSSR count). The monoisotopic (exact) mass is 261 g/mol. The number of rotatable bonds is 0. The topological polar surface area (TPSA) is 30.2 Å². The van der Waals surface area contributed by atoms with Crippen LogP contribution in [-0.4, -0.2) is 14.4 Å². The number of halogens is 2. The average molecular weight is 263 g/mol. The highest BCUT2D eigenvalue weighted by molar-refractivity contribution is 9.10. The van der Waals surface area contributed by atoms with E-state index in [2.05, 4.69) is 25.9 Å². The molecule has 0 unspecified atom stereocenters. The SMILES string of the molecule is CC.Clc1nccn2c(Br)cnc12. The van der Waals surface area contributed by atoms with Gasteiger partial charge in [0.15, 0.2) is 10.8 Å². The maximum Gasteiger partial charge on any atom is 0.175 e. The molecule has 0 N–H and O–H groups in total. The Labute approximate surface area is 89.9 Å². The first-order valence-corrected chi connectivity index (χ1v) is 5.09. The minimum absolute atomic E-state index is 0.415. The number of hydrogen-bond acceptors (Lipinski definition) is 2. The Hall–Kier alpha value is -0.610. The summed E-state index contributed by atoms with van der Waals surface area (Å²) < 4.78 is 2.69. The van der Waals surface area contributed by atoms with E-state index in [1.807, 2.05) is 18.2 Å². The molecule has 0 saturated heterocycles. The van der Waals surface area contributed by atoms with Crippen molar-refractivity contribution in [2.24, 2.45) is 0 Å². The van der Waals surface area contributed by atoms with Gasteiger partial charge in [-0.2, -0.15) is 0 Å². The van der Waals surface area contributed by atoms with Crippen LogP contribution < -0.4 is 0 Å². The molecule has 0 atom stereocenters. The predicted octanol–water partition coefficient (Wildman–Crippen LogP) is 3.17. The van der Waals surface area contributed by atoms with Crippen molar-refractivity contribution in [1.82, 2.24) is 14.4 Å². The van der Waals surface area contributed by atoms with Gasteiger partial charge in [-0.05, 0) is 15.9 Å². The van der Waals surface area contributed by atoms with Crippen molar-refractivity contribution in [3.8, 4) is 0 Å². The van der Waals surface area contributed by atoms with Crippen molar-refractivity contribution in [3.63, 3.8) is 0 Å². The number of aromatic nitrogens is 3. The van der Waals surface area contributed by atoms with Crippen LogP contribution in [0.5, 0.6) is 0 Å². The van der Waals surface area contributed by atoms with Crippen LogP contribution in [0.1, 0.15) is 13.8 Å². The van der Waals surface area contributed by atoms with Crippen molar-refractivity contribution in [3.05, 3.63) is 28.3 Å². The van der Waals surface area contributed by atoms with Crippen molar-refractivity contribution >= 4 is 33.2 Å². The van der Waals surface area contributed by atoms with E-state index in [-0.39, 0.29) is 0 Å². The minimum Gasteiger partial charge on any atom is -0.290 e. The van der Waals surface area contributed by atoms with E-state index >= 15 is 0 Å². The molecule has 0 bridgehead atoms. The molecule has 0 aliphatic rings. The molecular weight excluding hydrogens is 253 g/mol. The quantitative estimate of drug-likeness (QED) is 0.730. The fraction of sp³-hybridized carbons (Fsp3) is 0.250. The van der Waals surface area contributed by atoms with Crippen LogP contribution in [0.25, 0.3) is 5.65 Å². The van der Waals surface area contributed by atoms with Gasteiger partial charge < -0.3 is 0 Å². The van der Waals surface area contributed by atoms with Crippen LogP contribution in [0.15, 0.2) is 23.2 Å². The van der Waals surface area contributed by atoms with E-state index in [0.29, 0.717) is 10.8 Å². The minimum atomic E-state index is 0.415. The van der Waals surface area contributed by atoms with Gasteiger partial charge in [-0.15, -0.1) is 0 Å². The lowest BCUT2D eigenvalue weighted by molar-refractivity contribution is 1.10. The first-order chi connectivity index (χ1) is 6.29. The lowest BCUT2D eigenvalue weighted by Crippen LogP contribution is -1.86. The smallest absolute Gasteiger partial charge is 0.175 e. The van der Waals surface area contributed by atoms with Crippen molar-refractivity contribution in [2.45, 2.75) is 13.8 Å². The van der Waals surface area contributed by atoms with E-state index in [0.717, 1.165) is 4.60 Å². The van der Waals surface area contributed by atoms with E-state index in [1.54, 1.807) is 18.6 Å². The van der Waals surface area contributed by atoms with Crippen LogP contribution >= 0.6 is 27.5 Å². The third-order valence-electron chi connectivity index (χ3n) is 1.34. The summed E-state index contributed by atoms with van der Waals surface area (Å²) in [7, 11) is 0. The highest BCUT2D eigenvalue weighted by Gasteiger charge is 2.02. The van der Waals surface area contributed by atoms with Crippen LogP contribution in [0.4, 0.5) is 0 Å². The molecule has 0 fully saturated rings. The number of imidazole rings is 1. The third-order valence-corrected chi connectivity index (χ3v) is 2.19. The highest BCUT2D eigenvalue weighted by atomic mass is 79.9. The predicted molar refractivity (Wildman–Crippen MR) is 57.0 cm³/mol. The molecule has 2 heterocycles. The van der Waals surface area contributed by atoms with E-state index in [1.165, 1.54) is 0 Å². The van der Waals surface area contributed by atoms with Gasteiger partial charge in [0.1, 0.15) is 4.60 Å². The van der Waals surface area contributed by atoms with Crippen LogP contribution in [0, 0.1) is 0 Å². The average Bonchev–Trinajstić information content (AvgIpc) is 2.53. The molecule has 0 aliphatic carbocycles. The third kappa shape index (κ3) is 2.00. The van der Waals surface area contributed by atoms with Crippen LogP contribution in [0.3, 0.4) is 0 Å². The second-order valence-corrected chi connectivity index (χ2v) is 3.16. The second kappa shape index (κ2) is 4.58. The van der Waals surface area contributed by atoms with Crippen molar-refractivity contribution < 1.29 is 0 Å². The highest BCUT2D eigenvalue weighted by Crippen LogP contribution is 2.17. The molecule has 70 valence electrons. The van der Waals surface area contributed by atoms with Crippen molar-refractivity contribution in [1.29, 1.82) is 0 Å². The standard InChI is InChI=1S/C6H3BrClN3.C2H6/c7-4-3-10-6-5(8)9-1-2-11(4)6;1-2/h1-3H;1-2H3. The van der Waals surface area contributed by atoms with E-state index in [9.17, 15) is 0 Å². The van der Waals surface area contributed by atoms with Gasteiger partial charge in [0.2, 0.25) is 0 Å². The molecule has 0 amide bonds. The molecule has 0 aromatic carbocycles. The van der Waals surface area contributed by atoms with Gasteiger partial charge in [-0.25, -0.2) is 9.97 Å². The molecule has 0 radical (unpaired) electrons. The largest absolute Gasteiger partial charge is 0.290 e. The number of fused-ring (bicyclic) bond motifs is 1. The van der Waals surface area contributed by atoms with Gasteiger partial charge in [-0.3, -0.25) is 4.40 Å². The maximum atomic E-state index is 5.76. The van der Waals surface area contributed by atoms with Gasteiger partial charge >= 0.3 is 0 Å². The van der Waals surface area contributed by atoms with Crippen molar-refractivity contribution in [2.75, 3.05) is 0 Å². The molecule has 0 saturated carbocycles. The molecular formula is C8H9BrClN3. The zero-order valence-electron chi connectivity index (χ0n) is 7.33. The fourth-order valence-electron chi connectivity index (χ4n) is 0.858. The van der Waals surface area contributed by atoms with Crippen LogP contribution in [0.2, 0.25) is 5.15 Å². The summed E-state index contributed by atoms with van der Waals surface area (Å²) in [6.07, 6.45) is 5.10. The molecule has 2 aromatic heterocycles. The number of nitrogens with zero attached hydrogens (tertiary/aromatic N) is 3. The Morgan fingerprint density at radius 2 is 2.08 bits per heavy atom. The zero-order chi connectivity index (χ0) is 9.84. The van der Waals surface area contributed by atoms with Gasteiger partial charge in [0.05, 0.1) is 6.20 Å². The number of hydrogen-bond donors (Lipinski definition) is 0. The summed E-state index contributed by atoms with van der Waals surface area (Å²) in [5.41, 5.74) is 0.668. The molecule has 3 nitrogen and oxygen atoms in total.